The third-order valence-corrected chi connectivity index (χ3v) is 5.32. The molecule has 3 aromatic carbocycles. The lowest BCUT2D eigenvalue weighted by Gasteiger charge is -2.17. The molecule has 0 unspecified atom stereocenters. The van der Waals surface area contributed by atoms with Crippen LogP contribution in [0.5, 0.6) is 11.5 Å². The number of benzene rings is 3. The number of rotatable bonds is 8. The van der Waals surface area contributed by atoms with Crippen molar-refractivity contribution in [2.24, 2.45) is 0 Å². The number of anilines is 2. The Balaban J connectivity index is 1.63. The molecule has 11 nitrogen and oxygen atoms in total. The lowest BCUT2D eigenvalue weighted by molar-refractivity contribution is 0.0526. The van der Waals surface area contributed by atoms with Crippen LogP contribution < -0.4 is 31.2 Å². The highest BCUT2D eigenvalue weighted by Crippen LogP contribution is 2.29. The molecule has 11 heteroatoms. The molecule has 2 amide bonds. The van der Waals surface area contributed by atoms with E-state index < -0.39 is 12.0 Å². The zero-order valence-electron chi connectivity index (χ0n) is 20.4. The molecule has 1 heterocycles. The van der Waals surface area contributed by atoms with Crippen LogP contribution in [0.4, 0.5) is 16.4 Å². The van der Waals surface area contributed by atoms with E-state index >= 15 is 0 Å². The molecule has 4 aromatic rings. The number of urea groups is 1. The van der Waals surface area contributed by atoms with E-state index in [0.717, 1.165) is 0 Å². The summed E-state index contributed by atoms with van der Waals surface area (Å²) in [6, 6.07) is 17.5. The summed E-state index contributed by atoms with van der Waals surface area (Å²) in [6.07, 6.45) is 0. The molecule has 0 radical (unpaired) electrons. The topological polar surface area (TPSA) is 133 Å². The normalized spacial score (nSPS) is 10.5. The first-order valence-corrected chi connectivity index (χ1v) is 11.3. The average Bonchev–Trinajstić information content (AvgIpc) is 2.92. The third kappa shape index (κ3) is 5.45. The maximum atomic E-state index is 13.4. The van der Waals surface area contributed by atoms with Gasteiger partial charge in [-0.3, -0.25) is 10.2 Å². The fraction of sp³-hybridized carbons (Fsp3) is 0.154. The van der Waals surface area contributed by atoms with Gasteiger partial charge >= 0.3 is 12.0 Å². The summed E-state index contributed by atoms with van der Waals surface area (Å²) in [5, 5.41) is 3.01. The Morgan fingerprint density at radius 1 is 0.946 bits per heavy atom. The fourth-order valence-corrected chi connectivity index (χ4v) is 3.63. The smallest absolute Gasteiger partial charge is 0.338 e. The number of carbonyl (C=O) groups excluding carboxylic acids is 2. The van der Waals surface area contributed by atoms with Gasteiger partial charge in [-0.2, -0.15) is 0 Å². The van der Waals surface area contributed by atoms with Crippen LogP contribution in [0, 0.1) is 0 Å². The highest BCUT2D eigenvalue weighted by molar-refractivity contribution is 5.94. The molecule has 0 aliphatic heterocycles. The number of carbonyl (C=O) groups is 2. The van der Waals surface area contributed by atoms with Crippen LogP contribution in [0.1, 0.15) is 17.3 Å². The van der Waals surface area contributed by atoms with Crippen LogP contribution in [0.15, 0.2) is 71.5 Å². The summed E-state index contributed by atoms with van der Waals surface area (Å²) in [5.74, 6) is 0.471. The quantitative estimate of drug-likeness (QED) is 0.245. The van der Waals surface area contributed by atoms with Crippen LogP contribution in [0.3, 0.4) is 0 Å². The van der Waals surface area contributed by atoms with Gasteiger partial charge in [-0.05, 0) is 49.4 Å². The maximum Gasteiger partial charge on any atom is 0.338 e. The first-order valence-electron chi connectivity index (χ1n) is 11.3. The fourth-order valence-electron chi connectivity index (χ4n) is 3.63. The second kappa shape index (κ2) is 11.1. The van der Waals surface area contributed by atoms with E-state index in [9.17, 15) is 14.4 Å². The third-order valence-electron chi connectivity index (χ3n) is 5.32. The highest BCUT2D eigenvalue weighted by atomic mass is 16.5. The predicted octanol–water partition coefficient (Wildman–Crippen LogP) is 3.73. The number of amides is 2. The summed E-state index contributed by atoms with van der Waals surface area (Å²) in [4.78, 5) is 42.5. The molecule has 0 aliphatic rings. The lowest BCUT2D eigenvalue weighted by atomic mass is 10.2. The van der Waals surface area contributed by atoms with Gasteiger partial charge in [0.1, 0.15) is 0 Å². The Labute approximate surface area is 212 Å². The Hall–Kier alpha value is -5.06. The van der Waals surface area contributed by atoms with Crippen molar-refractivity contribution in [3.05, 3.63) is 82.6 Å². The summed E-state index contributed by atoms with van der Waals surface area (Å²) in [5.41, 5.74) is 6.38. The van der Waals surface area contributed by atoms with Gasteiger partial charge in [0.05, 0.1) is 43.0 Å². The minimum absolute atomic E-state index is 0.0614. The first-order chi connectivity index (χ1) is 17.9. The van der Waals surface area contributed by atoms with Gasteiger partial charge in [0.2, 0.25) is 5.95 Å². The summed E-state index contributed by atoms with van der Waals surface area (Å²) >= 11 is 0. The minimum atomic E-state index is -0.651. The molecule has 0 fully saturated rings. The molecule has 0 bridgehead atoms. The van der Waals surface area contributed by atoms with Gasteiger partial charge in [-0.25, -0.2) is 24.6 Å². The molecule has 190 valence electrons. The van der Waals surface area contributed by atoms with Gasteiger partial charge in [0.25, 0.3) is 5.56 Å². The number of hydrogen-bond acceptors (Lipinski definition) is 8. The average molecular weight is 504 g/mol. The van der Waals surface area contributed by atoms with Crippen molar-refractivity contribution in [1.29, 1.82) is 0 Å². The first kappa shape index (κ1) is 25.0. The van der Waals surface area contributed by atoms with E-state index in [0.29, 0.717) is 39.3 Å². The molecular weight excluding hydrogens is 478 g/mol. The lowest BCUT2D eigenvalue weighted by Crippen LogP contribution is -2.36. The van der Waals surface area contributed by atoms with E-state index in [2.05, 4.69) is 21.2 Å². The van der Waals surface area contributed by atoms with Crippen LogP contribution >= 0.6 is 0 Å². The van der Waals surface area contributed by atoms with Gasteiger partial charge in [-0.15, -0.1) is 0 Å². The van der Waals surface area contributed by atoms with Crippen molar-refractivity contribution in [2.75, 3.05) is 31.6 Å². The van der Waals surface area contributed by atoms with E-state index in [-0.39, 0.29) is 18.1 Å². The van der Waals surface area contributed by atoms with Gasteiger partial charge in [0.15, 0.2) is 11.5 Å². The standard InChI is InChI=1S/C26H25N5O6/c1-4-37-24(33)16-8-7-9-17(14-16)27-26(34)30-29-25-28-20-11-6-5-10-19(20)23(32)31(25)18-12-13-21(35-2)22(15-18)36-3/h5-15H,4H2,1-3H3,(H,28,29)(H2,27,30,34). The SMILES string of the molecule is CCOC(=O)c1cccc(NC(=O)NNc2nc3ccccc3c(=O)n2-c2ccc(OC)c(OC)c2)c1. The van der Waals surface area contributed by atoms with Crippen LogP contribution in [0.25, 0.3) is 16.6 Å². The number of methoxy groups -OCH3 is 2. The van der Waals surface area contributed by atoms with Gasteiger partial charge < -0.3 is 19.5 Å². The van der Waals surface area contributed by atoms with Gasteiger partial charge in [0, 0.05) is 11.8 Å². The minimum Gasteiger partial charge on any atom is -0.493 e. The second-order valence-electron chi connectivity index (χ2n) is 7.64. The van der Waals surface area contributed by atoms with E-state index in [1.54, 1.807) is 67.6 Å². The molecule has 0 aliphatic carbocycles. The van der Waals surface area contributed by atoms with Gasteiger partial charge in [-0.1, -0.05) is 18.2 Å². The van der Waals surface area contributed by atoms with Crippen molar-refractivity contribution in [3.8, 4) is 17.2 Å². The number of fused-ring (bicyclic) bond motifs is 1. The number of nitrogens with zero attached hydrogens (tertiary/aromatic N) is 2. The summed E-state index contributed by atoms with van der Waals surface area (Å²) in [7, 11) is 3.00. The van der Waals surface area contributed by atoms with Crippen molar-refractivity contribution in [2.45, 2.75) is 6.92 Å². The second-order valence-corrected chi connectivity index (χ2v) is 7.64. The Morgan fingerprint density at radius 2 is 1.73 bits per heavy atom. The van der Waals surface area contributed by atoms with Crippen molar-refractivity contribution in [1.82, 2.24) is 15.0 Å². The van der Waals surface area contributed by atoms with E-state index in [4.69, 9.17) is 14.2 Å². The Morgan fingerprint density at radius 3 is 2.49 bits per heavy atom. The number of ether oxygens (including phenoxy) is 3. The predicted molar refractivity (Wildman–Crippen MR) is 139 cm³/mol. The summed E-state index contributed by atoms with van der Waals surface area (Å²) < 4.78 is 17.0. The monoisotopic (exact) mass is 503 g/mol. The maximum absolute atomic E-state index is 13.4. The number of hydrogen-bond donors (Lipinski definition) is 3. The number of para-hydroxylation sites is 1. The Bertz CT molecular complexity index is 1520. The van der Waals surface area contributed by atoms with Crippen LogP contribution in [0.2, 0.25) is 0 Å². The molecule has 0 spiro atoms. The molecule has 0 atom stereocenters. The summed E-state index contributed by atoms with van der Waals surface area (Å²) in [6.45, 7) is 1.95. The largest absolute Gasteiger partial charge is 0.493 e. The van der Waals surface area contributed by atoms with Crippen LogP contribution in [-0.2, 0) is 4.74 Å². The van der Waals surface area contributed by atoms with E-state index in [1.807, 2.05) is 0 Å². The highest BCUT2D eigenvalue weighted by Gasteiger charge is 2.16. The number of hydrazine groups is 1. The molecule has 37 heavy (non-hydrogen) atoms. The van der Waals surface area contributed by atoms with Crippen LogP contribution in [-0.4, -0.2) is 42.4 Å². The van der Waals surface area contributed by atoms with Crippen molar-refractivity contribution < 1.29 is 23.8 Å². The Kier molecular flexibility index (Phi) is 7.53. The molecule has 0 saturated heterocycles. The number of aromatic nitrogens is 2. The molecule has 4 rings (SSSR count). The van der Waals surface area contributed by atoms with Crippen molar-refractivity contribution >= 4 is 34.5 Å². The molecule has 1 aromatic heterocycles. The number of nitrogens with one attached hydrogen (secondary N) is 3. The van der Waals surface area contributed by atoms with Crippen molar-refractivity contribution in [3.63, 3.8) is 0 Å². The number of esters is 1. The zero-order valence-corrected chi connectivity index (χ0v) is 20.4. The molecule has 3 N–H and O–H groups in total. The van der Waals surface area contributed by atoms with E-state index in [1.165, 1.54) is 24.9 Å². The molecule has 0 saturated carbocycles. The zero-order chi connectivity index (χ0) is 26.4. The molecular formula is C26H25N5O6.